The van der Waals surface area contributed by atoms with E-state index in [1.807, 2.05) is 12.1 Å². The van der Waals surface area contributed by atoms with E-state index in [4.69, 9.17) is 28.3 Å². The van der Waals surface area contributed by atoms with Crippen molar-refractivity contribution < 1.29 is 5.11 Å². The third kappa shape index (κ3) is 4.47. The summed E-state index contributed by atoms with van der Waals surface area (Å²) >= 11 is 12.1. The molecule has 4 heteroatoms. The highest BCUT2D eigenvalue weighted by atomic mass is 35.5. The number of halogens is 2. The van der Waals surface area contributed by atoms with Crippen molar-refractivity contribution in [3.8, 4) is 0 Å². The van der Waals surface area contributed by atoms with Crippen molar-refractivity contribution >= 4 is 23.2 Å². The molecule has 1 unspecified atom stereocenters. The van der Waals surface area contributed by atoms with Gasteiger partial charge in [0.1, 0.15) is 0 Å². The highest BCUT2D eigenvalue weighted by Gasteiger charge is 2.13. The number of hydrogen-bond donors (Lipinski definition) is 2. The number of benzene rings is 1. The lowest BCUT2D eigenvalue weighted by atomic mass is 10.0. The van der Waals surface area contributed by atoms with E-state index in [1.165, 1.54) is 0 Å². The van der Waals surface area contributed by atoms with Gasteiger partial charge in [-0.3, -0.25) is 0 Å². The van der Waals surface area contributed by atoms with Crippen LogP contribution < -0.4 is 5.32 Å². The van der Waals surface area contributed by atoms with Crippen LogP contribution in [0.4, 0.5) is 0 Å². The Kier molecular flexibility index (Phi) is 6.28. The summed E-state index contributed by atoms with van der Waals surface area (Å²) in [5.41, 5.74) is 0.989. The molecular weight excluding hydrogens is 257 g/mol. The highest BCUT2D eigenvalue weighted by Crippen LogP contribution is 2.25. The molecule has 1 atom stereocenters. The quantitative estimate of drug-likeness (QED) is 0.833. The summed E-state index contributed by atoms with van der Waals surface area (Å²) in [6.07, 6.45) is 0.746. The summed E-state index contributed by atoms with van der Waals surface area (Å²) in [5.74, 6) is 0.472. The molecule has 0 amide bonds. The second-order valence-electron chi connectivity index (χ2n) is 4.46. The normalized spacial score (nSPS) is 13.1. The Morgan fingerprint density at radius 1 is 1.29 bits per heavy atom. The van der Waals surface area contributed by atoms with Gasteiger partial charge < -0.3 is 10.4 Å². The zero-order chi connectivity index (χ0) is 12.8. The van der Waals surface area contributed by atoms with Gasteiger partial charge in [-0.2, -0.15) is 0 Å². The van der Waals surface area contributed by atoms with Crippen molar-refractivity contribution in [3.05, 3.63) is 33.8 Å². The summed E-state index contributed by atoms with van der Waals surface area (Å²) in [7, 11) is 0. The molecular formula is C13H19Cl2NO. The van der Waals surface area contributed by atoms with Gasteiger partial charge in [-0.25, -0.2) is 0 Å². The topological polar surface area (TPSA) is 32.3 Å². The zero-order valence-electron chi connectivity index (χ0n) is 10.2. The molecule has 0 fully saturated rings. The van der Waals surface area contributed by atoms with Gasteiger partial charge in [-0.1, -0.05) is 49.2 Å². The fraction of sp³-hybridized carbons (Fsp3) is 0.538. The number of aliphatic hydroxyl groups is 1. The molecule has 0 spiro atoms. The predicted octanol–water partition coefficient (Wildman–Crippen LogP) is 3.49. The Morgan fingerprint density at radius 2 is 2.00 bits per heavy atom. The lowest BCUT2D eigenvalue weighted by Gasteiger charge is -2.22. The molecule has 1 aromatic rings. The zero-order valence-corrected chi connectivity index (χ0v) is 11.7. The molecule has 0 aromatic heterocycles. The lowest BCUT2D eigenvalue weighted by molar-refractivity contribution is 0.244. The van der Waals surface area contributed by atoms with Crippen LogP contribution in [0.3, 0.4) is 0 Å². The van der Waals surface area contributed by atoms with Gasteiger partial charge in [0.25, 0.3) is 0 Å². The maximum Gasteiger partial charge on any atom is 0.0637 e. The minimum atomic E-state index is 0.194. The molecule has 0 radical (unpaired) electrons. The van der Waals surface area contributed by atoms with Crippen LogP contribution >= 0.6 is 23.2 Å². The van der Waals surface area contributed by atoms with E-state index in [1.54, 1.807) is 6.07 Å². The molecule has 0 heterocycles. The van der Waals surface area contributed by atoms with Crippen molar-refractivity contribution in [3.63, 3.8) is 0 Å². The second-order valence-corrected chi connectivity index (χ2v) is 5.24. The average Bonchev–Trinajstić information content (AvgIpc) is 2.29. The molecule has 2 nitrogen and oxygen atoms in total. The van der Waals surface area contributed by atoms with Crippen molar-refractivity contribution in [2.24, 2.45) is 5.92 Å². The van der Waals surface area contributed by atoms with Crippen LogP contribution in [0.1, 0.15) is 25.8 Å². The first-order chi connectivity index (χ1) is 8.06. The van der Waals surface area contributed by atoms with Crippen LogP contribution in [-0.4, -0.2) is 17.8 Å². The molecule has 0 saturated carbocycles. The number of rotatable bonds is 6. The van der Waals surface area contributed by atoms with Gasteiger partial charge in [-0.15, -0.1) is 0 Å². The van der Waals surface area contributed by atoms with E-state index in [-0.39, 0.29) is 12.6 Å². The van der Waals surface area contributed by atoms with Gasteiger partial charge in [0.2, 0.25) is 0 Å². The predicted molar refractivity (Wildman–Crippen MR) is 73.6 cm³/mol. The van der Waals surface area contributed by atoms with Gasteiger partial charge >= 0.3 is 0 Å². The van der Waals surface area contributed by atoms with E-state index in [0.717, 1.165) is 12.0 Å². The number of hydrogen-bond acceptors (Lipinski definition) is 2. The molecule has 0 saturated heterocycles. The van der Waals surface area contributed by atoms with Gasteiger partial charge in [-0.05, 0) is 24.0 Å². The Labute approximate surface area is 113 Å². The van der Waals surface area contributed by atoms with Crippen LogP contribution in [-0.2, 0) is 6.54 Å². The second kappa shape index (κ2) is 7.22. The number of aliphatic hydroxyl groups excluding tert-OH is 1. The Morgan fingerprint density at radius 3 is 2.59 bits per heavy atom. The summed E-state index contributed by atoms with van der Waals surface area (Å²) < 4.78 is 0. The molecule has 1 aromatic carbocycles. The van der Waals surface area contributed by atoms with E-state index in [0.29, 0.717) is 22.5 Å². The SMILES string of the molecule is CC(C)C(CCO)NCc1cccc(Cl)c1Cl. The van der Waals surface area contributed by atoms with Crippen molar-refractivity contribution in [2.75, 3.05) is 6.61 Å². The first kappa shape index (κ1) is 14.8. The smallest absolute Gasteiger partial charge is 0.0637 e. The largest absolute Gasteiger partial charge is 0.396 e. The highest BCUT2D eigenvalue weighted by molar-refractivity contribution is 6.42. The van der Waals surface area contributed by atoms with Gasteiger partial charge in [0.05, 0.1) is 10.0 Å². The molecule has 96 valence electrons. The Hall–Kier alpha value is -0.280. The third-order valence-corrected chi connectivity index (χ3v) is 3.69. The van der Waals surface area contributed by atoms with Crippen LogP contribution in [0.15, 0.2) is 18.2 Å². The summed E-state index contributed by atoms with van der Waals surface area (Å²) in [4.78, 5) is 0. The molecule has 0 aliphatic carbocycles. The summed E-state index contributed by atoms with van der Waals surface area (Å²) in [6.45, 7) is 5.13. The van der Waals surface area contributed by atoms with E-state index in [9.17, 15) is 0 Å². The van der Waals surface area contributed by atoms with Crippen LogP contribution in [0.25, 0.3) is 0 Å². The maximum absolute atomic E-state index is 8.99. The van der Waals surface area contributed by atoms with Gasteiger partial charge in [0, 0.05) is 19.2 Å². The fourth-order valence-corrected chi connectivity index (χ4v) is 2.12. The van der Waals surface area contributed by atoms with Crippen molar-refractivity contribution in [1.82, 2.24) is 5.32 Å². The third-order valence-electron chi connectivity index (χ3n) is 2.83. The first-order valence-electron chi connectivity index (χ1n) is 5.83. The monoisotopic (exact) mass is 275 g/mol. The molecule has 0 bridgehead atoms. The minimum Gasteiger partial charge on any atom is -0.396 e. The van der Waals surface area contributed by atoms with Crippen molar-refractivity contribution in [1.29, 1.82) is 0 Å². The van der Waals surface area contributed by atoms with E-state index >= 15 is 0 Å². The van der Waals surface area contributed by atoms with Crippen LogP contribution in [0.5, 0.6) is 0 Å². The lowest BCUT2D eigenvalue weighted by Crippen LogP contribution is -2.34. The minimum absolute atomic E-state index is 0.194. The average molecular weight is 276 g/mol. The standard InChI is InChI=1S/C13H19Cl2NO/c1-9(2)12(6-7-17)16-8-10-4-3-5-11(14)13(10)15/h3-5,9,12,16-17H,6-8H2,1-2H3. The molecule has 0 aliphatic heterocycles. The van der Waals surface area contributed by atoms with Crippen LogP contribution in [0, 0.1) is 5.92 Å². The van der Waals surface area contributed by atoms with E-state index < -0.39 is 0 Å². The Balaban J connectivity index is 2.62. The van der Waals surface area contributed by atoms with Crippen LogP contribution in [0.2, 0.25) is 10.0 Å². The Bertz CT molecular complexity index is 355. The molecule has 2 N–H and O–H groups in total. The van der Waals surface area contributed by atoms with E-state index in [2.05, 4.69) is 19.2 Å². The van der Waals surface area contributed by atoms with Crippen molar-refractivity contribution in [2.45, 2.75) is 32.9 Å². The summed E-state index contributed by atoms with van der Waals surface area (Å²) in [6, 6.07) is 5.91. The molecule has 1 rings (SSSR count). The fourth-order valence-electron chi connectivity index (χ4n) is 1.74. The first-order valence-corrected chi connectivity index (χ1v) is 6.59. The maximum atomic E-state index is 8.99. The van der Waals surface area contributed by atoms with Gasteiger partial charge in [0.15, 0.2) is 0 Å². The molecule has 17 heavy (non-hydrogen) atoms. The number of nitrogens with one attached hydrogen (secondary N) is 1. The summed E-state index contributed by atoms with van der Waals surface area (Å²) in [5, 5.41) is 13.6. The molecule has 0 aliphatic rings.